The number of carbonyl (C=O) groups excluding carboxylic acids is 1. The van der Waals surface area contributed by atoms with Crippen LogP contribution in [0.5, 0.6) is 0 Å². The van der Waals surface area contributed by atoms with Crippen molar-refractivity contribution in [1.82, 2.24) is 9.55 Å². The molecule has 2 aromatic heterocycles. The zero-order valence-electron chi connectivity index (χ0n) is 18.9. The lowest BCUT2D eigenvalue weighted by Gasteiger charge is -2.24. The van der Waals surface area contributed by atoms with Crippen molar-refractivity contribution < 1.29 is 9.53 Å². The average Bonchev–Trinajstić information content (AvgIpc) is 3.29. The topological polar surface area (TPSA) is 76.4 Å². The number of thiazole rings is 1. The fourth-order valence-corrected chi connectivity index (χ4v) is 5.52. The number of allylic oxidation sites excluding steroid dienone is 1. The van der Waals surface area contributed by atoms with E-state index in [-0.39, 0.29) is 12.2 Å². The molecule has 0 spiro atoms. The van der Waals surface area contributed by atoms with E-state index in [9.17, 15) is 9.59 Å². The molecule has 0 radical (unpaired) electrons. The lowest BCUT2D eigenvalue weighted by molar-refractivity contribution is -0.139. The van der Waals surface area contributed by atoms with Gasteiger partial charge in [-0.2, -0.15) is 0 Å². The first-order chi connectivity index (χ1) is 16.4. The SMILES string of the molecule is CCOC(=O)C1=C(C)N=c2s/c(=C\c3c(C)[nH]c4ccccc34)c(=O)n2C1c1ccc(Cl)cc1. The van der Waals surface area contributed by atoms with Gasteiger partial charge in [-0.3, -0.25) is 9.36 Å². The molecule has 5 rings (SSSR count). The maximum atomic E-state index is 13.7. The average molecular weight is 492 g/mol. The smallest absolute Gasteiger partial charge is 0.338 e. The van der Waals surface area contributed by atoms with Crippen LogP contribution in [0, 0.1) is 6.92 Å². The van der Waals surface area contributed by atoms with E-state index in [1.165, 1.54) is 11.3 Å². The quantitative estimate of drug-likeness (QED) is 0.434. The number of halogens is 1. The Balaban J connectivity index is 1.76. The number of H-pyrrole nitrogens is 1. The van der Waals surface area contributed by atoms with Gasteiger partial charge in [0, 0.05) is 27.2 Å². The molecule has 0 amide bonds. The fraction of sp³-hybridized carbons (Fsp3) is 0.192. The molecule has 2 aromatic carbocycles. The molecule has 172 valence electrons. The molecule has 1 unspecified atom stereocenters. The lowest BCUT2D eigenvalue weighted by atomic mass is 9.96. The van der Waals surface area contributed by atoms with Crippen molar-refractivity contribution in [2.24, 2.45) is 4.99 Å². The Morgan fingerprint density at radius 3 is 2.68 bits per heavy atom. The van der Waals surface area contributed by atoms with E-state index in [1.54, 1.807) is 30.5 Å². The van der Waals surface area contributed by atoms with E-state index in [2.05, 4.69) is 9.98 Å². The van der Waals surface area contributed by atoms with Gasteiger partial charge in [0.15, 0.2) is 4.80 Å². The third-order valence-electron chi connectivity index (χ3n) is 5.92. The van der Waals surface area contributed by atoms with Crippen LogP contribution in [0.4, 0.5) is 0 Å². The maximum Gasteiger partial charge on any atom is 0.338 e. The molecular formula is C26H22ClN3O3S. The molecule has 34 heavy (non-hydrogen) atoms. The summed E-state index contributed by atoms with van der Waals surface area (Å²) in [5.41, 5.74) is 4.40. The van der Waals surface area contributed by atoms with Crippen LogP contribution >= 0.6 is 22.9 Å². The number of aromatic nitrogens is 2. The summed E-state index contributed by atoms with van der Waals surface area (Å²) in [6.45, 7) is 5.75. The minimum atomic E-state index is -0.654. The van der Waals surface area contributed by atoms with Gasteiger partial charge in [0.25, 0.3) is 5.56 Å². The largest absolute Gasteiger partial charge is 0.463 e. The summed E-state index contributed by atoms with van der Waals surface area (Å²) >= 11 is 7.42. The van der Waals surface area contributed by atoms with Crippen LogP contribution in [0.15, 0.2) is 69.6 Å². The van der Waals surface area contributed by atoms with Crippen molar-refractivity contribution in [3.63, 3.8) is 0 Å². The van der Waals surface area contributed by atoms with E-state index >= 15 is 0 Å². The van der Waals surface area contributed by atoms with E-state index in [1.807, 2.05) is 49.4 Å². The molecule has 0 fully saturated rings. The number of rotatable bonds is 4. The molecule has 4 aromatic rings. The van der Waals surface area contributed by atoms with E-state index < -0.39 is 12.0 Å². The maximum absolute atomic E-state index is 13.7. The van der Waals surface area contributed by atoms with Crippen LogP contribution in [0.25, 0.3) is 17.0 Å². The number of hydrogen-bond acceptors (Lipinski definition) is 5. The molecule has 6 nitrogen and oxygen atoms in total. The number of nitrogens with one attached hydrogen (secondary N) is 1. The molecular weight excluding hydrogens is 470 g/mol. The highest BCUT2D eigenvalue weighted by Gasteiger charge is 2.33. The van der Waals surface area contributed by atoms with E-state index in [4.69, 9.17) is 16.3 Å². The number of benzene rings is 2. The summed E-state index contributed by atoms with van der Waals surface area (Å²) in [5.74, 6) is -0.481. The second-order valence-corrected chi connectivity index (χ2v) is 9.51. The number of para-hydroxylation sites is 1. The predicted octanol–water partition coefficient (Wildman–Crippen LogP) is 4.24. The molecule has 1 atom stereocenters. The number of esters is 1. The Morgan fingerprint density at radius 1 is 1.21 bits per heavy atom. The molecule has 0 saturated carbocycles. The number of ether oxygens (including phenoxy) is 1. The highest BCUT2D eigenvalue weighted by molar-refractivity contribution is 7.07. The Bertz CT molecular complexity index is 1640. The van der Waals surface area contributed by atoms with Crippen molar-refractivity contribution in [1.29, 1.82) is 0 Å². The normalized spacial score (nSPS) is 16.0. The van der Waals surface area contributed by atoms with Gasteiger partial charge in [0.1, 0.15) is 0 Å². The molecule has 1 N–H and O–H groups in total. The molecule has 0 saturated heterocycles. The summed E-state index contributed by atoms with van der Waals surface area (Å²) in [6, 6.07) is 14.5. The number of fused-ring (bicyclic) bond motifs is 2. The summed E-state index contributed by atoms with van der Waals surface area (Å²) in [4.78, 5) is 35.2. The van der Waals surface area contributed by atoms with Gasteiger partial charge in [0.05, 0.1) is 28.5 Å². The van der Waals surface area contributed by atoms with Crippen molar-refractivity contribution >= 4 is 45.9 Å². The van der Waals surface area contributed by atoms with Crippen molar-refractivity contribution in [2.45, 2.75) is 26.8 Å². The minimum Gasteiger partial charge on any atom is -0.463 e. The van der Waals surface area contributed by atoms with Crippen LogP contribution in [0.3, 0.4) is 0 Å². The standard InChI is InChI=1S/C26H22ClN3O3S/c1-4-33-25(32)22-15(3)29-26-30(23(22)16-9-11-17(27)12-10-16)24(31)21(34-26)13-19-14(2)28-20-8-6-5-7-18(19)20/h5-13,23,28H,4H2,1-3H3/b21-13-. The first-order valence-corrected chi connectivity index (χ1v) is 12.1. The molecule has 8 heteroatoms. The summed E-state index contributed by atoms with van der Waals surface area (Å²) in [6.07, 6.45) is 1.90. The number of hydrogen-bond donors (Lipinski definition) is 1. The van der Waals surface area contributed by atoms with Crippen LogP contribution in [0.2, 0.25) is 5.02 Å². The summed E-state index contributed by atoms with van der Waals surface area (Å²) in [5, 5.41) is 1.62. The van der Waals surface area contributed by atoms with Gasteiger partial charge in [-0.25, -0.2) is 9.79 Å². The van der Waals surface area contributed by atoms with Gasteiger partial charge in [-0.05, 0) is 50.6 Å². The van der Waals surface area contributed by atoms with Crippen molar-refractivity contribution in [3.05, 3.63) is 101 Å². The fourth-order valence-electron chi connectivity index (χ4n) is 4.37. The molecule has 0 aliphatic carbocycles. The molecule has 1 aliphatic rings. The van der Waals surface area contributed by atoms with Crippen molar-refractivity contribution in [3.8, 4) is 0 Å². The monoisotopic (exact) mass is 491 g/mol. The lowest BCUT2D eigenvalue weighted by Crippen LogP contribution is -2.39. The zero-order valence-corrected chi connectivity index (χ0v) is 20.5. The Morgan fingerprint density at radius 2 is 1.94 bits per heavy atom. The number of aryl methyl sites for hydroxylation is 1. The number of aromatic amines is 1. The van der Waals surface area contributed by atoms with Gasteiger partial charge in [-0.15, -0.1) is 0 Å². The van der Waals surface area contributed by atoms with Crippen LogP contribution in [-0.2, 0) is 9.53 Å². The molecule has 0 bridgehead atoms. The van der Waals surface area contributed by atoms with Crippen molar-refractivity contribution in [2.75, 3.05) is 6.61 Å². The van der Waals surface area contributed by atoms with Gasteiger partial charge in [0.2, 0.25) is 0 Å². The number of nitrogens with zero attached hydrogens (tertiary/aromatic N) is 2. The predicted molar refractivity (Wildman–Crippen MR) is 135 cm³/mol. The summed E-state index contributed by atoms with van der Waals surface area (Å²) in [7, 11) is 0. The molecule has 3 heterocycles. The highest BCUT2D eigenvalue weighted by atomic mass is 35.5. The minimum absolute atomic E-state index is 0.206. The summed E-state index contributed by atoms with van der Waals surface area (Å²) < 4.78 is 7.46. The van der Waals surface area contributed by atoms with Gasteiger partial charge >= 0.3 is 5.97 Å². The van der Waals surface area contributed by atoms with E-state index in [0.717, 1.165) is 27.7 Å². The zero-order chi connectivity index (χ0) is 24.0. The Hall–Kier alpha value is -3.42. The second-order valence-electron chi connectivity index (χ2n) is 8.06. The first-order valence-electron chi connectivity index (χ1n) is 10.9. The Kier molecular flexibility index (Phi) is 5.75. The van der Waals surface area contributed by atoms with Crippen LogP contribution in [-0.4, -0.2) is 22.1 Å². The van der Waals surface area contributed by atoms with Crippen LogP contribution in [0.1, 0.15) is 36.7 Å². The Labute approximate surface area is 204 Å². The first kappa shape index (κ1) is 22.4. The van der Waals surface area contributed by atoms with Crippen LogP contribution < -0.4 is 14.9 Å². The molecule has 1 aliphatic heterocycles. The second kappa shape index (κ2) is 8.74. The third-order valence-corrected chi connectivity index (χ3v) is 7.16. The highest BCUT2D eigenvalue weighted by Crippen LogP contribution is 2.31. The third kappa shape index (κ3) is 3.71. The van der Waals surface area contributed by atoms with Gasteiger partial charge < -0.3 is 9.72 Å². The van der Waals surface area contributed by atoms with E-state index in [0.29, 0.717) is 25.6 Å². The van der Waals surface area contributed by atoms with Gasteiger partial charge in [-0.1, -0.05) is 53.3 Å². The number of carbonyl (C=O) groups is 1.